The van der Waals surface area contributed by atoms with Crippen molar-refractivity contribution < 1.29 is 4.74 Å². The predicted molar refractivity (Wildman–Crippen MR) is 132 cm³/mol. The number of hydrogen-bond acceptors (Lipinski definition) is 5. The van der Waals surface area contributed by atoms with E-state index in [1.54, 1.807) is 7.11 Å². The Balaban J connectivity index is 1.59. The molecule has 1 aliphatic rings. The highest BCUT2D eigenvalue weighted by atomic mass is 32.2. The fraction of sp³-hybridized carbons (Fsp3) is 0.308. The van der Waals surface area contributed by atoms with Gasteiger partial charge in [-0.1, -0.05) is 23.8 Å². The number of rotatable bonds is 5. The molecule has 2 aromatic heterocycles. The number of fused-ring (bicyclic) bond motifs is 3. The summed E-state index contributed by atoms with van der Waals surface area (Å²) in [5.41, 5.74) is 6.55. The van der Waals surface area contributed by atoms with Gasteiger partial charge in [-0.15, -0.1) is 23.1 Å². The number of benzene rings is 2. The summed E-state index contributed by atoms with van der Waals surface area (Å²) in [6.07, 6.45) is 4.87. The van der Waals surface area contributed by atoms with Crippen molar-refractivity contribution in [2.75, 3.05) is 7.11 Å². The van der Waals surface area contributed by atoms with Crippen molar-refractivity contribution in [2.45, 2.75) is 50.3 Å². The van der Waals surface area contributed by atoms with Gasteiger partial charge in [-0.25, -0.2) is 9.97 Å². The summed E-state index contributed by atoms with van der Waals surface area (Å²) < 4.78 is 5.32. The molecule has 0 N–H and O–H groups in total. The van der Waals surface area contributed by atoms with Crippen LogP contribution in [0.4, 0.5) is 0 Å². The molecule has 0 atom stereocenters. The first-order chi connectivity index (χ1) is 15.1. The zero-order valence-electron chi connectivity index (χ0n) is 18.2. The summed E-state index contributed by atoms with van der Waals surface area (Å²) >= 11 is 3.72. The molecule has 1 aliphatic carbocycles. The van der Waals surface area contributed by atoms with Crippen LogP contribution >= 0.6 is 23.1 Å². The normalized spacial score (nSPS) is 13.4. The highest BCUT2D eigenvalue weighted by molar-refractivity contribution is 7.98. The van der Waals surface area contributed by atoms with Crippen molar-refractivity contribution in [1.29, 1.82) is 0 Å². The van der Waals surface area contributed by atoms with Gasteiger partial charge in [-0.2, -0.15) is 0 Å². The van der Waals surface area contributed by atoms with Crippen LogP contribution in [0.2, 0.25) is 0 Å². The van der Waals surface area contributed by atoms with Gasteiger partial charge in [0.25, 0.3) is 0 Å². The Bertz CT molecular complexity index is 1240. The van der Waals surface area contributed by atoms with E-state index >= 15 is 0 Å². The van der Waals surface area contributed by atoms with Crippen molar-refractivity contribution in [3.63, 3.8) is 0 Å². The number of nitrogens with zero attached hydrogens (tertiary/aromatic N) is 2. The third kappa shape index (κ3) is 4.09. The molecule has 2 aromatic carbocycles. The number of methoxy groups -OCH3 is 1. The average Bonchev–Trinajstić information content (AvgIpc) is 3.18. The van der Waals surface area contributed by atoms with Crippen LogP contribution in [-0.2, 0) is 18.6 Å². The van der Waals surface area contributed by atoms with E-state index in [2.05, 4.69) is 32.0 Å². The first kappa shape index (κ1) is 20.5. The average molecular weight is 447 g/mol. The highest BCUT2D eigenvalue weighted by Gasteiger charge is 2.22. The lowest BCUT2D eigenvalue weighted by Crippen LogP contribution is -2.00. The molecule has 5 heteroatoms. The van der Waals surface area contributed by atoms with E-state index in [9.17, 15) is 0 Å². The SMILES string of the molecule is COc1ccc(-c2nc(SCc3cc(C)ccc3C)c3c4c(sc3n2)CCCC4)cc1. The van der Waals surface area contributed by atoms with Gasteiger partial charge >= 0.3 is 0 Å². The van der Waals surface area contributed by atoms with Gasteiger partial charge in [0.15, 0.2) is 5.82 Å². The summed E-state index contributed by atoms with van der Waals surface area (Å²) in [6, 6.07) is 14.8. The van der Waals surface area contributed by atoms with E-state index in [4.69, 9.17) is 14.7 Å². The monoisotopic (exact) mass is 446 g/mol. The number of thiophene rings is 1. The number of aromatic nitrogens is 2. The lowest BCUT2D eigenvalue weighted by Gasteiger charge is -2.13. The van der Waals surface area contributed by atoms with E-state index in [1.165, 1.54) is 51.8 Å². The Labute approximate surface area is 191 Å². The molecule has 0 saturated heterocycles. The molecule has 2 heterocycles. The molecule has 0 unspecified atom stereocenters. The van der Waals surface area contributed by atoms with E-state index in [0.717, 1.165) is 39.2 Å². The zero-order chi connectivity index (χ0) is 21.4. The summed E-state index contributed by atoms with van der Waals surface area (Å²) in [7, 11) is 1.69. The molecule has 0 radical (unpaired) electrons. The number of thioether (sulfide) groups is 1. The van der Waals surface area contributed by atoms with Crippen LogP contribution in [0.1, 0.15) is 40.0 Å². The third-order valence-electron chi connectivity index (χ3n) is 6.00. The van der Waals surface area contributed by atoms with Crippen molar-refractivity contribution in [3.8, 4) is 17.1 Å². The quantitative estimate of drug-likeness (QED) is 0.241. The molecule has 158 valence electrons. The first-order valence-corrected chi connectivity index (χ1v) is 12.6. The maximum absolute atomic E-state index is 5.32. The summed E-state index contributed by atoms with van der Waals surface area (Å²) in [4.78, 5) is 12.7. The van der Waals surface area contributed by atoms with Crippen LogP contribution in [0, 0.1) is 13.8 Å². The van der Waals surface area contributed by atoms with Crippen LogP contribution in [0.15, 0.2) is 47.5 Å². The van der Waals surface area contributed by atoms with E-state index in [1.807, 2.05) is 47.4 Å². The lowest BCUT2D eigenvalue weighted by molar-refractivity contribution is 0.415. The van der Waals surface area contributed by atoms with Gasteiger partial charge in [0.05, 0.1) is 7.11 Å². The van der Waals surface area contributed by atoms with E-state index in [0.29, 0.717) is 0 Å². The van der Waals surface area contributed by atoms with Gasteiger partial charge in [0.1, 0.15) is 15.6 Å². The molecule has 0 fully saturated rings. The van der Waals surface area contributed by atoms with Gasteiger partial charge in [0, 0.05) is 21.6 Å². The standard InChI is InChI=1S/C26H26N2OS2/c1-16-8-9-17(2)19(14-16)15-30-25-23-21-6-4-5-7-22(21)31-26(23)28-24(27-25)18-10-12-20(29-3)13-11-18/h8-14H,4-7,15H2,1-3H3. The summed E-state index contributed by atoms with van der Waals surface area (Å²) in [6.45, 7) is 4.35. The number of ether oxygens (including phenoxy) is 1. The van der Waals surface area contributed by atoms with E-state index in [-0.39, 0.29) is 0 Å². The maximum atomic E-state index is 5.32. The number of aryl methyl sites for hydroxylation is 4. The molecular weight excluding hydrogens is 420 g/mol. The van der Waals surface area contributed by atoms with Crippen LogP contribution in [-0.4, -0.2) is 17.1 Å². The first-order valence-electron chi connectivity index (χ1n) is 10.8. The maximum Gasteiger partial charge on any atom is 0.162 e. The second kappa shape index (κ2) is 8.64. The lowest BCUT2D eigenvalue weighted by atomic mass is 9.97. The fourth-order valence-electron chi connectivity index (χ4n) is 4.20. The molecule has 0 bridgehead atoms. The van der Waals surface area contributed by atoms with Crippen LogP contribution < -0.4 is 4.74 Å². The van der Waals surface area contributed by atoms with Gasteiger partial charge in [-0.05, 0) is 80.5 Å². The Morgan fingerprint density at radius 1 is 1.00 bits per heavy atom. The Hall–Kier alpha value is -2.37. The summed E-state index contributed by atoms with van der Waals surface area (Å²) in [5, 5.41) is 2.42. The zero-order valence-corrected chi connectivity index (χ0v) is 19.8. The topological polar surface area (TPSA) is 35.0 Å². The molecule has 0 amide bonds. The Morgan fingerprint density at radius 3 is 2.61 bits per heavy atom. The van der Waals surface area contributed by atoms with Crippen molar-refractivity contribution in [2.24, 2.45) is 0 Å². The molecule has 0 aliphatic heterocycles. The van der Waals surface area contributed by atoms with Crippen molar-refractivity contribution >= 4 is 33.3 Å². The molecule has 31 heavy (non-hydrogen) atoms. The highest BCUT2D eigenvalue weighted by Crippen LogP contribution is 2.41. The largest absolute Gasteiger partial charge is 0.497 e. The van der Waals surface area contributed by atoms with Crippen LogP contribution in [0.25, 0.3) is 21.6 Å². The number of hydrogen-bond donors (Lipinski definition) is 0. The Morgan fingerprint density at radius 2 is 1.81 bits per heavy atom. The molecule has 4 aromatic rings. The fourth-order valence-corrected chi connectivity index (χ4v) is 6.64. The molecule has 0 saturated carbocycles. The van der Waals surface area contributed by atoms with Gasteiger partial charge < -0.3 is 4.74 Å². The second-order valence-electron chi connectivity index (χ2n) is 8.19. The third-order valence-corrected chi connectivity index (χ3v) is 8.21. The van der Waals surface area contributed by atoms with Crippen molar-refractivity contribution in [3.05, 3.63) is 69.6 Å². The van der Waals surface area contributed by atoms with Crippen molar-refractivity contribution in [1.82, 2.24) is 9.97 Å². The minimum atomic E-state index is 0.803. The molecular formula is C26H26N2OS2. The van der Waals surface area contributed by atoms with Gasteiger partial charge in [-0.3, -0.25) is 0 Å². The molecule has 0 spiro atoms. The predicted octanol–water partition coefficient (Wildman–Crippen LogP) is 7.15. The smallest absolute Gasteiger partial charge is 0.162 e. The molecule has 3 nitrogen and oxygen atoms in total. The summed E-state index contributed by atoms with van der Waals surface area (Å²) in [5.74, 6) is 2.57. The van der Waals surface area contributed by atoms with Gasteiger partial charge in [0.2, 0.25) is 0 Å². The second-order valence-corrected chi connectivity index (χ2v) is 10.2. The minimum Gasteiger partial charge on any atom is -0.497 e. The Kier molecular flexibility index (Phi) is 5.72. The van der Waals surface area contributed by atoms with Crippen LogP contribution in [0.3, 0.4) is 0 Å². The minimum absolute atomic E-state index is 0.803. The molecule has 5 rings (SSSR count). The van der Waals surface area contributed by atoms with E-state index < -0.39 is 0 Å². The van der Waals surface area contributed by atoms with Crippen LogP contribution in [0.5, 0.6) is 5.75 Å².